The summed E-state index contributed by atoms with van der Waals surface area (Å²) in [6.45, 7) is 0. The summed E-state index contributed by atoms with van der Waals surface area (Å²) in [6.07, 6.45) is 0. The van der Waals surface area contributed by atoms with Gasteiger partial charge in [0.1, 0.15) is 0 Å². The molecule has 0 aromatic heterocycles. The van der Waals surface area contributed by atoms with E-state index in [1.807, 2.05) is 0 Å². The normalized spacial score (nSPS) is 0. The molecule has 0 amide bonds. The molecule has 0 aromatic rings. The Bertz CT molecular complexity index is 8.00. The van der Waals surface area contributed by atoms with E-state index in [-0.39, 0.29) is 56.1 Å². The van der Waals surface area contributed by atoms with Crippen LogP contribution in [0.3, 0.4) is 0 Å². The average molecular weight is 186 g/mol. The molecule has 0 saturated carbocycles. The molecule has 2 radical (unpaired) electrons. The summed E-state index contributed by atoms with van der Waals surface area (Å²) in [5.74, 6) is 0. The third kappa shape index (κ3) is 9.74. The number of hydrogen-bond acceptors (Lipinski definition) is 0. The van der Waals surface area contributed by atoms with E-state index in [4.69, 9.17) is 0 Å². The Morgan fingerprint density at radius 1 is 1.00 bits per heavy atom. The predicted molar refractivity (Wildman–Crippen MR) is 0.686 cm³/mol. The molecule has 0 atom stereocenters. The van der Waals surface area contributed by atoms with Crippen LogP contribution >= 0.6 is 0 Å². The first-order chi connectivity index (χ1) is 0. The van der Waals surface area contributed by atoms with Crippen LogP contribution in [0.25, 0.3) is 0 Å². The molecular formula is CoCrNiO+3. The molecule has 0 spiro atoms. The van der Waals surface area contributed by atoms with E-state index in [0.717, 1.165) is 0 Å². The van der Waals surface area contributed by atoms with Crippen molar-refractivity contribution in [1.29, 1.82) is 0 Å². The SMILES string of the molecule is [Co].[Cr+3].[Ni+2].[O-2]. The van der Waals surface area contributed by atoms with Crippen molar-refractivity contribution in [2.24, 2.45) is 0 Å². The molecule has 4 heteroatoms. The van der Waals surface area contributed by atoms with E-state index >= 15 is 0 Å². The van der Waals surface area contributed by atoms with Crippen molar-refractivity contribution in [2.45, 2.75) is 0 Å². The molecule has 0 aliphatic heterocycles. The van der Waals surface area contributed by atoms with Crippen LogP contribution in [0.15, 0.2) is 0 Å². The maximum Gasteiger partial charge on any atom is 3.00 e. The van der Waals surface area contributed by atoms with Gasteiger partial charge in [-0.3, -0.25) is 0 Å². The molecule has 0 unspecified atom stereocenters. The van der Waals surface area contributed by atoms with Crippen LogP contribution in [0.4, 0.5) is 0 Å². The van der Waals surface area contributed by atoms with Gasteiger partial charge in [-0.15, -0.1) is 0 Å². The Kier molecular flexibility index (Phi) is 306. The maximum atomic E-state index is 0. The monoisotopic (exact) mass is 185 g/mol. The van der Waals surface area contributed by atoms with Crippen LogP contribution in [0.1, 0.15) is 0 Å². The zero-order valence-electron chi connectivity index (χ0n) is 1.47. The minimum Gasteiger partial charge on any atom is -2.00 e. The van der Waals surface area contributed by atoms with Crippen LogP contribution in [-0.2, 0) is 56.1 Å². The smallest absolute Gasteiger partial charge is 2.00 e. The van der Waals surface area contributed by atoms with E-state index in [2.05, 4.69) is 0 Å². The van der Waals surface area contributed by atoms with Crippen LogP contribution in [0, 0.1) is 0 Å². The van der Waals surface area contributed by atoms with Crippen molar-refractivity contribution < 1.29 is 56.1 Å². The fourth-order valence-corrected chi connectivity index (χ4v) is 0. The van der Waals surface area contributed by atoms with Crippen molar-refractivity contribution in [1.82, 2.24) is 0 Å². The quantitative estimate of drug-likeness (QED) is 0.471. The molecule has 0 aromatic carbocycles. The van der Waals surface area contributed by atoms with Crippen molar-refractivity contribution in [3.05, 3.63) is 0 Å². The van der Waals surface area contributed by atoms with E-state index in [0.29, 0.717) is 0 Å². The first-order valence-corrected chi connectivity index (χ1v) is 0. The third-order valence-corrected chi connectivity index (χ3v) is 0. The second-order valence-corrected chi connectivity index (χ2v) is 0. The summed E-state index contributed by atoms with van der Waals surface area (Å²) in [6, 6.07) is 0. The summed E-state index contributed by atoms with van der Waals surface area (Å²) in [5.41, 5.74) is 0. The van der Waals surface area contributed by atoms with Gasteiger partial charge in [-0.25, -0.2) is 0 Å². The molecule has 1 nitrogen and oxygen atoms in total. The van der Waals surface area contributed by atoms with Crippen LogP contribution in [0.2, 0.25) is 0 Å². The van der Waals surface area contributed by atoms with Gasteiger partial charge in [-0.05, 0) is 0 Å². The molecule has 0 fully saturated rings. The van der Waals surface area contributed by atoms with Crippen LogP contribution < -0.4 is 0 Å². The van der Waals surface area contributed by atoms with Gasteiger partial charge in [0.2, 0.25) is 0 Å². The van der Waals surface area contributed by atoms with E-state index < -0.39 is 0 Å². The van der Waals surface area contributed by atoms with Gasteiger partial charge in [0.05, 0.1) is 0 Å². The third-order valence-electron chi connectivity index (χ3n) is 0. The van der Waals surface area contributed by atoms with Crippen molar-refractivity contribution in [2.75, 3.05) is 0 Å². The topological polar surface area (TPSA) is 28.5 Å². The van der Waals surface area contributed by atoms with Crippen molar-refractivity contribution >= 4 is 0 Å². The van der Waals surface area contributed by atoms with Crippen LogP contribution in [-0.4, -0.2) is 0 Å². The minimum absolute atomic E-state index is 0. The standard InChI is InChI=1S/Co.Cr.Ni.O/q;+3;+2;-2. The van der Waals surface area contributed by atoms with E-state index in [9.17, 15) is 0 Å². The fraction of sp³-hybridized carbons (Fsp3) is 0. The molecule has 0 rings (SSSR count). The molecule has 0 N–H and O–H groups in total. The molecule has 0 bridgehead atoms. The first kappa shape index (κ1) is 49.8. The van der Waals surface area contributed by atoms with Gasteiger partial charge < -0.3 is 5.48 Å². The largest absolute Gasteiger partial charge is 3.00 e. The molecular weight excluding hydrogens is 186 g/mol. The van der Waals surface area contributed by atoms with Gasteiger partial charge in [0, 0.05) is 16.8 Å². The average Bonchev–Trinajstić information content (AvgIpc) is 0. The Balaban J connectivity index is 0. The van der Waals surface area contributed by atoms with Gasteiger partial charge in [-0.2, -0.15) is 0 Å². The molecule has 0 heterocycles. The second-order valence-electron chi connectivity index (χ2n) is 0. The fourth-order valence-electron chi connectivity index (χ4n) is 0. The minimum atomic E-state index is 0. The first-order valence-electron chi connectivity index (χ1n) is 0. The summed E-state index contributed by atoms with van der Waals surface area (Å²) >= 11 is 0. The molecule has 0 aliphatic carbocycles. The Morgan fingerprint density at radius 2 is 1.00 bits per heavy atom. The zero-order chi connectivity index (χ0) is 0. The van der Waals surface area contributed by atoms with Gasteiger partial charge in [0.15, 0.2) is 0 Å². The van der Waals surface area contributed by atoms with Gasteiger partial charge >= 0.3 is 33.9 Å². The van der Waals surface area contributed by atoms with Crippen molar-refractivity contribution in [3.8, 4) is 0 Å². The van der Waals surface area contributed by atoms with E-state index in [1.165, 1.54) is 0 Å². The summed E-state index contributed by atoms with van der Waals surface area (Å²) < 4.78 is 0. The van der Waals surface area contributed by atoms with E-state index in [1.54, 1.807) is 0 Å². The Morgan fingerprint density at radius 3 is 1.00 bits per heavy atom. The molecule has 4 heavy (non-hydrogen) atoms. The molecule has 0 saturated heterocycles. The van der Waals surface area contributed by atoms with Crippen LogP contribution in [0.5, 0.6) is 0 Å². The maximum absolute atomic E-state index is 0. The Hall–Kier alpha value is 1.49. The summed E-state index contributed by atoms with van der Waals surface area (Å²) in [5, 5.41) is 0. The summed E-state index contributed by atoms with van der Waals surface area (Å²) in [4.78, 5) is 0. The summed E-state index contributed by atoms with van der Waals surface area (Å²) in [7, 11) is 0. The Labute approximate surface area is 56.1 Å². The molecule has 28 valence electrons. The second kappa shape index (κ2) is 24.6. The van der Waals surface area contributed by atoms with Gasteiger partial charge in [-0.1, -0.05) is 0 Å². The number of rotatable bonds is 0. The number of hydrogen-bond donors (Lipinski definition) is 0. The molecule has 0 aliphatic rings. The van der Waals surface area contributed by atoms with Crippen molar-refractivity contribution in [3.63, 3.8) is 0 Å². The zero-order valence-corrected chi connectivity index (χ0v) is 4.77. The predicted octanol–water partition coefficient (Wildman–Crippen LogP) is -0.126. The van der Waals surface area contributed by atoms with Gasteiger partial charge in [0.25, 0.3) is 0 Å².